The molecule has 0 amide bonds. The summed E-state index contributed by atoms with van der Waals surface area (Å²) in [5.41, 5.74) is 13.0. The van der Waals surface area contributed by atoms with Crippen LogP contribution in [0.25, 0.3) is 16.7 Å². The van der Waals surface area contributed by atoms with Gasteiger partial charge in [0.15, 0.2) is 17.0 Å². The van der Waals surface area contributed by atoms with Crippen molar-refractivity contribution in [3.63, 3.8) is 0 Å². The van der Waals surface area contributed by atoms with E-state index in [1.807, 2.05) is 6.20 Å². The molecule has 0 bridgehead atoms. The Kier molecular flexibility index (Phi) is 5.66. The van der Waals surface area contributed by atoms with Crippen LogP contribution in [0.4, 0.5) is 17.3 Å². The minimum absolute atomic E-state index is 0.0949. The number of nitrogens with two attached hydrogens (primary N) is 1. The van der Waals surface area contributed by atoms with Gasteiger partial charge in [0.2, 0.25) is 0 Å². The highest BCUT2D eigenvalue weighted by Gasteiger charge is 2.47. The van der Waals surface area contributed by atoms with Crippen LogP contribution < -0.4 is 15.5 Å². The van der Waals surface area contributed by atoms with Crippen molar-refractivity contribution in [2.75, 3.05) is 36.0 Å². The zero-order chi connectivity index (χ0) is 25.0. The number of rotatable bonds is 3. The van der Waals surface area contributed by atoms with Crippen molar-refractivity contribution in [1.29, 1.82) is 0 Å². The zero-order valence-corrected chi connectivity index (χ0v) is 21.6. The van der Waals surface area contributed by atoms with Crippen LogP contribution >= 0.6 is 0 Å². The highest BCUT2D eigenvalue weighted by atomic mass is 16.5. The molecule has 2 fully saturated rings. The number of allylic oxidation sites excluding steroid dienone is 2. The number of ether oxygens (including phenoxy) is 1. The van der Waals surface area contributed by atoms with E-state index in [4.69, 9.17) is 25.4 Å². The second-order valence-electron chi connectivity index (χ2n) is 11.3. The molecule has 7 rings (SSSR count). The summed E-state index contributed by atoms with van der Waals surface area (Å²) < 4.78 is 5.88. The van der Waals surface area contributed by atoms with Gasteiger partial charge in [-0.3, -0.25) is 10.1 Å². The molecule has 1 aliphatic carbocycles. The number of fused-ring (bicyclic) bond motifs is 2. The molecule has 3 aromatic heterocycles. The maximum atomic E-state index is 6.50. The normalized spacial score (nSPS) is 25.5. The van der Waals surface area contributed by atoms with E-state index in [0.717, 1.165) is 98.2 Å². The first-order valence-electron chi connectivity index (χ1n) is 13.9. The average Bonchev–Trinajstić information content (AvgIpc) is 3.50. The third-order valence-corrected chi connectivity index (χ3v) is 9.08. The van der Waals surface area contributed by atoms with Crippen molar-refractivity contribution in [3.05, 3.63) is 35.8 Å². The van der Waals surface area contributed by atoms with Gasteiger partial charge in [0.1, 0.15) is 5.82 Å². The van der Waals surface area contributed by atoms with Crippen LogP contribution in [0.1, 0.15) is 63.3 Å². The number of aromatic nitrogens is 5. The van der Waals surface area contributed by atoms with Crippen molar-refractivity contribution >= 4 is 34.1 Å². The Hall–Kier alpha value is -3.04. The molecule has 0 saturated carbocycles. The highest BCUT2D eigenvalue weighted by Crippen LogP contribution is 2.42. The summed E-state index contributed by atoms with van der Waals surface area (Å²) in [4.78, 5) is 19.4. The molecule has 0 aromatic carbocycles. The maximum absolute atomic E-state index is 6.50. The molecule has 3 aromatic rings. The predicted molar refractivity (Wildman–Crippen MR) is 145 cm³/mol. The van der Waals surface area contributed by atoms with E-state index in [1.54, 1.807) is 0 Å². The van der Waals surface area contributed by atoms with Crippen molar-refractivity contribution in [1.82, 2.24) is 25.1 Å². The molecule has 9 heteroatoms. The monoisotopic (exact) mass is 500 g/mol. The first-order chi connectivity index (χ1) is 18.1. The summed E-state index contributed by atoms with van der Waals surface area (Å²) in [6, 6.07) is 4.50. The third kappa shape index (κ3) is 3.90. The molecule has 9 nitrogen and oxygen atoms in total. The zero-order valence-electron chi connectivity index (χ0n) is 21.6. The predicted octanol–water partition coefficient (Wildman–Crippen LogP) is 4.12. The molecular weight excluding hydrogens is 464 g/mol. The molecule has 4 aliphatic rings. The van der Waals surface area contributed by atoms with Crippen LogP contribution in [0.3, 0.4) is 0 Å². The summed E-state index contributed by atoms with van der Waals surface area (Å²) in [5, 5.41) is 7.84. The quantitative estimate of drug-likeness (QED) is 0.553. The van der Waals surface area contributed by atoms with E-state index < -0.39 is 0 Å². The number of nitrogens with zero attached hydrogens (tertiary/aromatic N) is 6. The van der Waals surface area contributed by atoms with Crippen molar-refractivity contribution in [2.45, 2.75) is 70.4 Å². The van der Waals surface area contributed by atoms with E-state index in [-0.39, 0.29) is 17.6 Å². The fraction of sp³-hybridized carbons (Fsp3) is 0.571. The topological polar surface area (TPSA) is 109 Å². The van der Waals surface area contributed by atoms with Gasteiger partial charge in [-0.1, -0.05) is 6.08 Å². The Labute approximate surface area is 217 Å². The second-order valence-corrected chi connectivity index (χ2v) is 11.3. The van der Waals surface area contributed by atoms with Gasteiger partial charge in [-0.2, -0.15) is 5.10 Å². The minimum Gasteiger partial charge on any atom is -0.376 e. The molecule has 194 valence electrons. The number of aromatic amines is 1. The van der Waals surface area contributed by atoms with Crippen molar-refractivity contribution in [3.8, 4) is 0 Å². The number of aryl methyl sites for hydroxylation is 1. The molecule has 1 spiro atoms. The smallest absolute Gasteiger partial charge is 0.183 e. The van der Waals surface area contributed by atoms with Crippen molar-refractivity contribution in [2.24, 2.45) is 11.1 Å². The first kappa shape index (κ1) is 23.1. The largest absolute Gasteiger partial charge is 0.376 e. The molecule has 2 atom stereocenters. The molecular formula is C28H36N8O. The van der Waals surface area contributed by atoms with Gasteiger partial charge in [0.05, 0.1) is 36.0 Å². The Morgan fingerprint density at radius 2 is 1.97 bits per heavy atom. The lowest BCUT2D eigenvalue weighted by atomic mass is 9.73. The number of H-pyrrole nitrogens is 1. The highest BCUT2D eigenvalue weighted by molar-refractivity contribution is 5.87. The lowest BCUT2D eigenvalue weighted by molar-refractivity contribution is 0.0974. The SMILES string of the molecule is C[C@@H]1OCC2(CCN(c3cnc4c(N5CCCc6nc(C7=CCCCC7)ccc65)n[nH]c4n3)CC2)[C@@H]1N. The summed E-state index contributed by atoms with van der Waals surface area (Å²) in [6.07, 6.45) is 13.3. The van der Waals surface area contributed by atoms with E-state index in [9.17, 15) is 0 Å². The van der Waals surface area contributed by atoms with Gasteiger partial charge in [-0.05, 0) is 76.0 Å². The molecule has 6 heterocycles. The van der Waals surface area contributed by atoms with Crippen LogP contribution in [0, 0.1) is 5.41 Å². The Morgan fingerprint density at radius 3 is 2.76 bits per heavy atom. The van der Waals surface area contributed by atoms with Crippen molar-refractivity contribution < 1.29 is 4.74 Å². The maximum Gasteiger partial charge on any atom is 0.183 e. The van der Waals surface area contributed by atoms with Gasteiger partial charge in [0, 0.05) is 31.1 Å². The molecule has 2 saturated heterocycles. The third-order valence-electron chi connectivity index (χ3n) is 9.08. The lowest BCUT2D eigenvalue weighted by Gasteiger charge is -2.41. The summed E-state index contributed by atoms with van der Waals surface area (Å²) in [6.45, 7) is 5.58. The first-order valence-corrected chi connectivity index (χ1v) is 13.9. The van der Waals surface area contributed by atoms with Gasteiger partial charge >= 0.3 is 0 Å². The fourth-order valence-corrected chi connectivity index (χ4v) is 6.69. The molecule has 0 unspecified atom stereocenters. The molecule has 0 radical (unpaired) electrons. The van der Waals surface area contributed by atoms with E-state index in [2.05, 4.69) is 45.1 Å². The standard InChI is InChI=1S/C28H36N8O/c1-18-25(29)28(17-37-18)11-14-35(15-12-28)23-16-30-24-26(32-23)33-34-27(24)36-13-5-8-21-22(36)10-9-20(31-21)19-6-3-2-4-7-19/h6,9-10,16,18,25H,2-5,7-8,11-15,17,29H2,1H3,(H,32,33,34)/t18-,25+/m0/s1. The molecule has 3 N–H and O–H groups in total. The van der Waals surface area contributed by atoms with E-state index in [1.165, 1.54) is 24.8 Å². The number of hydrogen-bond acceptors (Lipinski definition) is 8. The molecule has 3 aliphatic heterocycles. The number of piperidine rings is 1. The summed E-state index contributed by atoms with van der Waals surface area (Å²) in [7, 11) is 0. The average molecular weight is 501 g/mol. The summed E-state index contributed by atoms with van der Waals surface area (Å²) in [5.74, 6) is 1.73. The van der Waals surface area contributed by atoms with Crippen LogP contribution in [0.2, 0.25) is 0 Å². The lowest BCUT2D eigenvalue weighted by Crippen LogP contribution is -2.50. The number of hydrogen-bond donors (Lipinski definition) is 2. The Bertz CT molecular complexity index is 1340. The van der Waals surface area contributed by atoms with E-state index in [0.29, 0.717) is 0 Å². The van der Waals surface area contributed by atoms with E-state index >= 15 is 0 Å². The van der Waals surface area contributed by atoms with Crippen LogP contribution in [0.5, 0.6) is 0 Å². The Balaban J connectivity index is 1.13. The van der Waals surface area contributed by atoms with Crippen LogP contribution in [-0.2, 0) is 11.2 Å². The van der Waals surface area contributed by atoms with Crippen LogP contribution in [-0.4, -0.2) is 63.5 Å². The van der Waals surface area contributed by atoms with Crippen LogP contribution in [0.15, 0.2) is 24.4 Å². The number of nitrogens with one attached hydrogen (secondary N) is 1. The second kappa shape index (κ2) is 9.06. The minimum atomic E-state index is 0.0949. The fourth-order valence-electron chi connectivity index (χ4n) is 6.69. The Morgan fingerprint density at radius 1 is 1.08 bits per heavy atom. The summed E-state index contributed by atoms with van der Waals surface area (Å²) >= 11 is 0. The number of pyridine rings is 1. The van der Waals surface area contributed by atoms with Gasteiger partial charge < -0.3 is 20.3 Å². The van der Waals surface area contributed by atoms with Gasteiger partial charge in [-0.15, -0.1) is 0 Å². The molecule has 37 heavy (non-hydrogen) atoms. The van der Waals surface area contributed by atoms with Gasteiger partial charge in [-0.25, -0.2) is 9.97 Å². The van der Waals surface area contributed by atoms with Gasteiger partial charge in [0.25, 0.3) is 0 Å². The number of anilines is 3.